The summed E-state index contributed by atoms with van der Waals surface area (Å²) < 4.78 is 11.2. The van der Waals surface area contributed by atoms with Gasteiger partial charge < -0.3 is 14.8 Å². The largest absolute Gasteiger partial charge is 0.493 e. The first-order valence-electron chi connectivity index (χ1n) is 7.17. The molecule has 0 aromatic heterocycles. The van der Waals surface area contributed by atoms with E-state index in [1.165, 1.54) is 5.56 Å². The van der Waals surface area contributed by atoms with Gasteiger partial charge in [0.05, 0.1) is 13.7 Å². The summed E-state index contributed by atoms with van der Waals surface area (Å²) in [7, 11) is 1.68. The monoisotopic (exact) mass is 265 g/mol. The Morgan fingerprint density at radius 2 is 2.00 bits per heavy atom. The second-order valence-corrected chi connectivity index (χ2v) is 5.19. The first kappa shape index (κ1) is 15.8. The maximum absolute atomic E-state index is 5.83. The van der Waals surface area contributed by atoms with Crippen LogP contribution in [0.15, 0.2) is 18.2 Å². The molecule has 0 bridgehead atoms. The van der Waals surface area contributed by atoms with Crippen LogP contribution in [0.2, 0.25) is 0 Å². The van der Waals surface area contributed by atoms with Crippen molar-refractivity contribution < 1.29 is 9.47 Å². The molecule has 0 heterocycles. The summed E-state index contributed by atoms with van der Waals surface area (Å²) in [6.07, 6.45) is 2.20. The molecule has 3 heteroatoms. The van der Waals surface area contributed by atoms with Crippen LogP contribution >= 0.6 is 0 Å². The third-order valence-corrected chi connectivity index (χ3v) is 2.94. The lowest BCUT2D eigenvalue weighted by molar-refractivity contribution is 0.272. The highest BCUT2D eigenvalue weighted by Gasteiger charge is 2.06. The number of hydrogen-bond acceptors (Lipinski definition) is 3. The van der Waals surface area contributed by atoms with E-state index in [2.05, 4.69) is 38.2 Å². The first-order chi connectivity index (χ1) is 9.17. The third kappa shape index (κ3) is 5.97. The minimum absolute atomic E-state index is 0.653. The first-order valence-corrected chi connectivity index (χ1v) is 7.17. The lowest BCUT2D eigenvalue weighted by atomic mass is 10.1. The van der Waals surface area contributed by atoms with Crippen LogP contribution in [0.4, 0.5) is 0 Å². The van der Waals surface area contributed by atoms with Crippen LogP contribution in [0.3, 0.4) is 0 Å². The molecule has 0 fully saturated rings. The Kier molecular flexibility index (Phi) is 7.34. The minimum Gasteiger partial charge on any atom is -0.493 e. The van der Waals surface area contributed by atoms with E-state index in [1.807, 2.05) is 6.07 Å². The van der Waals surface area contributed by atoms with Crippen LogP contribution in [0.25, 0.3) is 0 Å². The summed E-state index contributed by atoms with van der Waals surface area (Å²) in [6, 6.07) is 6.13. The molecule has 108 valence electrons. The van der Waals surface area contributed by atoms with E-state index in [4.69, 9.17) is 9.47 Å². The highest BCUT2D eigenvalue weighted by molar-refractivity contribution is 5.42. The van der Waals surface area contributed by atoms with E-state index >= 15 is 0 Å². The molecule has 0 aliphatic rings. The second kappa shape index (κ2) is 8.81. The fourth-order valence-corrected chi connectivity index (χ4v) is 1.76. The smallest absolute Gasteiger partial charge is 0.161 e. The van der Waals surface area contributed by atoms with Crippen LogP contribution in [0.5, 0.6) is 11.5 Å². The van der Waals surface area contributed by atoms with Crippen molar-refractivity contribution in [3.8, 4) is 11.5 Å². The van der Waals surface area contributed by atoms with E-state index in [-0.39, 0.29) is 0 Å². The van der Waals surface area contributed by atoms with E-state index in [0.717, 1.165) is 44.0 Å². The molecule has 0 saturated heterocycles. The lowest BCUT2D eigenvalue weighted by Crippen LogP contribution is -2.14. The van der Waals surface area contributed by atoms with Gasteiger partial charge in [-0.2, -0.15) is 0 Å². The third-order valence-electron chi connectivity index (χ3n) is 2.94. The fourth-order valence-electron chi connectivity index (χ4n) is 1.76. The molecule has 1 aromatic carbocycles. The van der Waals surface area contributed by atoms with Gasteiger partial charge in [0.2, 0.25) is 0 Å². The average Bonchev–Trinajstić information content (AvgIpc) is 2.39. The molecular weight excluding hydrogens is 238 g/mol. The predicted octanol–water partition coefficient (Wildman–Crippen LogP) is 3.62. The Bertz CT molecular complexity index is 364. The molecule has 1 N–H and O–H groups in total. The van der Waals surface area contributed by atoms with Gasteiger partial charge in [-0.05, 0) is 43.0 Å². The summed E-state index contributed by atoms with van der Waals surface area (Å²) in [5, 5.41) is 3.39. The molecule has 0 aliphatic carbocycles. The van der Waals surface area contributed by atoms with Crippen LogP contribution in [0.1, 0.15) is 39.2 Å². The number of ether oxygens (including phenoxy) is 2. The summed E-state index contributed by atoms with van der Waals surface area (Å²) in [6.45, 7) is 9.21. The van der Waals surface area contributed by atoms with Gasteiger partial charge in [0, 0.05) is 6.54 Å². The van der Waals surface area contributed by atoms with E-state index < -0.39 is 0 Å². The van der Waals surface area contributed by atoms with Gasteiger partial charge in [-0.3, -0.25) is 0 Å². The minimum atomic E-state index is 0.653. The van der Waals surface area contributed by atoms with Crippen LogP contribution in [-0.2, 0) is 6.54 Å². The Labute approximate surface area is 117 Å². The normalized spacial score (nSPS) is 10.8. The molecule has 0 saturated carbocycles. The van der Waals surface area contributed by atoms with Gasteiger partial charge >= 0.3 is 0 Å². The lowest BCUT2D eigenvalue weighted by Gasteiger charge is -2.13. The van der Waals surface area contributed by atoms with E-state index in [0.29, 0.717) is 5.92 Å². The number of methoxy groups -OCH3 is 1. The summed E-state index contributed by atoms with van der Waals surface area (Å²) in [4.78, 5) is 0. The molecule has 0 atom stereocenters. The molecule has 0 radical (unpaired) electrons. The zero-order valence-electron chi connectivity index (χ0n) is 12.7. The van der Waals surface area contributed by atoms with Crippen molar-refractivity contribution in [1.29, 1.82) is 0 Å². The van der Waals surface area contributed by atoms with Crippen LogP contribution in [-0.4, -0.2) is 20.3 Å². The van der Waals surface area contributed by atoms with Gasteiger partial charge in [0.1, 0.15) is 0 Å². The highest BCUT2D eigenvalue weighted by Crippen LogP contribution is 2.28. The molecule has 0 amide bonds. The molecule has 0 unspecified atom stereocenters. The van der Waals surface area contributed by atoms with Crippen molar-refractivity contribution in [2.24, 2.45) is 5.92 Å². The molecule has 19 heavy (non-hydrogen) atoms. The van der Waals surface area contributed by atoms with Gasteiger partial charge in [0.15, 0.2) is 11.5 Å². The summed E-state index contributed by atoms with van der Waals surface area (Å²) in [5.41, 5.74) is 1.23. The van der Waals surface area contributed by atoms with Crippen molar-refractivity contribution in [2.75, 3.05) is 20.3 Å². The molecule has 0 aliphatic heterocycles. The van der Waals surface area contributed by atoms with Crippen LogP contribution < -0.4 is 14.8 Å². The molecular formula is C16H27NO2. The molecule has 3 nitrogen and oxygen atoms in total. The van der Waals surface area contributed by atoms with Crippen molar-refractivity contribution in [1.82, 2.24) is 5.32 Å². The highest BCUT2D eigenvalue weighted by atomic mass is 16.5. The van der Waals surface area contributed by atoms with Gasteiger partial charge in [-0.1, -0.05) is 26.8 Å². The van der Waals surface area contributed by atoms with Gasteiger partial charge in [-0.15, -0.1) is 0 Å². The zero-order valence-corrected chi connectivity index (χ0v) is 12.7. The Balaban J connectivity index is 2.61. The van der Waals surface area contributed by atoms with Crippen molar-refractivity contribution in [2.45, 2.75) is 40.2 Å². The number of benzene rings is 1. The van der Waals surface area contributed by atoms with E-state index in [1.54, 1.807) is 7.11 Å². The standard InChI is InChI=1S/C16H27NO2/c1-5-9-17-12-14-6-7-15(18-4)16(11-14)19-10-8-13(2)3/h6-7,11,13,17H,5,8-10,12H2,1-4H3. The van der Waals surface area contributed by atoms with Crippen LogP contribution in [0, 0.1) is 5.92 Å². The number of rotatable bonds is 9. The maximum Gasteiger partial charge on any atom is 0.161 e. The maximum atomic E-state index is 5.83. The van der Waals surface area contributed by atoms with E-state index in [9.17, 15) is 0 Å². The Morgan fingerprint density at radius 1 is 1.21 bits per heavy atom. The summed E-state index contributed by atoms with van der Waals surface area (Å²) >= 11 is 0. The SMILES string of the molecule is CCCNCc1ccc(OC)c(OCCC(C)C)c1. The fraction of sp³-hybridized carbons (Fsp3) is 0.625. The summed E-state index contributed by atoms with van der Waals surface area (Å²) in [5.74, 6) is 2.31. The number of nitrogens with one attached hydrogen (secondary N) is 1. The average molecular weight is 265 g/mol. The Morgan fingerprint density at radius 3 is 2.63 bits per heavy atom. The van der Waals surface area contributed by atoms with Crippen molar-refractivity contribution >= 4 is 0 Å². The second-order valence-electron chi connectivity index (χ2n) is 5.19. The molecule has 1 rings (SSSR count). The quantitative estimate of drug-likeness (QED) is 0.692. The van der Waals surface area contributed by atoms with Gasteiger partial charge in [-0.25, -0.2) is 0 Å². The molecule has 0 spiro atoms. The topological polar surface area (TPSA) is 30.5 Å². The Hall–Kier alpha value is -1.22. The van der Waals surface area contributed by atoms with Gasteiger partial charge in [0.25, 0.3) is 0 Å². The predicted molar refractivity (Wildman–Crippen MR) is 79.9 cm³/mol. The molecule has 1 aromatic rings. The zero-order chi connectivity index (χ0) is 14.1. The van der Waals surface area contributed by atoms with Crippen molar-refractivity contribution in [3.05, 3.63) is 23.8 Å². The number of hydrogen-bond donors (Lipinski definition) is 1. The van der Waals surface area contributed by atoms with Crippen molar-refractivity contribution in [3.63, 3.8) is 0 Å².